The van der Waals surface area contributed by atoms with Gasteiger partial charge in [0, 0.05) is 19.1 Å². The largest absolute Gasteiger partial charge is 0.382 e. The predicted molar refractivity (Wildman–Crippen MR) is 64.2 cm³/mol. The molecule has 0 aromatic carbocycles. The first kappa shape index (κ1) is 17.1. The van der Waals surface area contributed by atoms with Crippen LogP contribution in [0.5, 0.6) is 0 Å². The molecule has 2 unspecified atom stereocenters. The molecular formula is C10H23ClN2O2. The molecule has 0 saturated carbocycles. The normalized spacial score (nSPS) is 15.1. The summed E-state index contributed by atoms with van der Waals surface area (Å²) < 4.78 is 5.00. The van der Waals surface area contributed by atoms with E-state index in [0.717, 1.165) is 0 Å². The zero-order chi connectivity index (χ0) is 11.4. The minimum absolute atomic E-state index is 0. The van der Waals surface area contributed by atoms with Gasteiger partial charge < -0.3 is 15.8 Å². The Kier molecular flexibility index (Phi) is 8.02. The summed E-state index contributed by atoms with van der Waals surface area (Å²) in [5, 5.41) is 2.89. The molecule has 15 heavy (non-hydrogen) atoms. The van der Waals surface area contributed by atoms with Crippen molar-refractivity contribution in [2.75, 3.05) is 13.7 Å². The summed E-state index contributed by atoms with van der Waals surface area (Å²) in [7, 11) is 1.61. The third-order valence-corrected chi connectivity index (χ3v) is 2.17. The minimum atomic E-state index is -0.338. The van der Waals surface area contributed by atoms with Crippen LogP contribution in [0.1, 0.15) is 27.7 Å². The number of hydrogen-bond acceptors (Lipinski definition) is 3. The second-order valence-corrected chi connectivity index (χ2v) is 4.45. The number of ether oxygens (including phenoxy) is 1. The number of halogens is 1. The van der Waals surface area contributed by atoms with Crippen molar-refractivity contribution < 1.29 is 9.53 Å². The topological polar surface area (TPSA) is 64.3 Å². The molecule has 0 aromatic rings. The number of nitrogens with one attached hydrogen (secondary N) is 1. The third kappa shape index (κ3) is 6.71. The van der Waals surface area contributed by atoms with Gasteiger partial charge in [-0.15, -0.1) is 12.4 Å². The van der Waals surface area contributed by atoms with Gasteiger partial charge in [-0.2, -0.15) is 0 Å². The van der Waals surface area contributed by atoms with Gasteiger partial charge >= 0.3 is 0 Å². The fraction of sp³-hybridized carbons (Fsp3) is 0.900. The molecule has 0 saturated heterocycles. The second kappa shape index (κ2) is 7.04. The maximum absolute atomic E-state index is 11.6. The first-order valence-electron chi connectivity index (χ1n) is 4.86. The van der Waals surface area contributed by atoms with Gasteiger partial charge in [0.05, 0.1) is 12.1 Å². The van der Waals surface area contributed by atoms with Gasteiger partial charge in [-0.3, -0.25) is 4.79 Å². The Balaban J connectivity index is 0. The number of hydrogen-bond donors (Lipinski definition) is 2. The van der Waals surface area contributed by atoms with Crippen molar-refractivity contribution in [2.24, 2.45) is 11.7 Å². The molecule has 3 N–H and O–H groups in total. The van der Waals surface area contributed by atoms with Crippen LogP contribution in [-0.2, 0) is 9.53 Å². The van der Waals surface area contributed by atoms with Crippen LogP contribution < -0.4 is 11.1 Å². The van der Waals surface area contributed by atoms with Crippen molar-refractivity contribution in [1.82, 2.24) is 5.32 Å². The fourth-order valence-corrected chi connectivity index (χ4v) is 1.08. The number of amides is 1. The molecule has 0 bridgehead atoms. The smallest absolute Gasteiger partial charge is 0.224 e. The minimum Gasteiger partial charge on any atom is -0.382 e. The van der Waals surface area contributed by atoms with E-state index < -0.39 is 0 Å². The van der Waals surface area contributed by atoms with Gasteiger partial charge in [-0.05, 0) is 20.8 Å². The number of carbonyl (C=O) groups is 1. The maximum atomic E-state index is 11.6. The van der Waals surface area contributed by atoms with Crippen LogP contribution in [0.2, 0.25) is 0 Å². The molecule has 0 aromatic heterocycles. The van der Waals surface area contributed by atoms with Crippen molar-refractivity contribution in [2.45, 2.75) is 39.3 Å². The Bertz CT molecular complexity index is 196. The van der Waals surface area contributed by atoms with Crippen LogP contribution in [0.3, 0.4) is 0 Å². The van der Waals surface area contributed by atoms with E-state index in [1.807, 2.05) is 27.7 Å². The highest BCUT2D eigenvalue weighted by atomic mass is 35.5. The van der Waals surface area contributed by atoms with Gasteiger partial charge in [-0.1, -0.05) is 6.92 Å². The van der Waals surface area contributed by atoms with Gasteiger partial charge in [0.25, 0.3) is 0 Å². The highest BCUT2D eigenvalue weighted by molar-refractivity contribution is 5.85. The molecule has 0 rings (SSSR count). The zero-order valence-electron chi connectivity index (χ0n) is 10.2. The van der Waals surface area contributed by atoms with Crippen LogP contribution in [0.15, 0.2) is 0 Å². The second-order valence-electron chi connectivity index (χ2n) is 4.45. The lowest BCUT2D eigenvalue weighted by atomic mass is 10.0. The standard InChI is InChI=1S/C10H22N2O2.ClH/c1-7(8(2)11)9(13)12-10(3,4)6-14-5;/h7-8H,6,11H2,1-5H3,(H,12,13);1H. The summed E-state index contributed by atoms with van der Waals surface area (Å²) in [6.45, 7) is 7.98. The molecule has 1 amide bonds. The molecule has 5 heteroatoms. The Morgan fingerprint density at radius 2 is 1.93 bits per heavy atom. The van der Waals surface area contributed by atoms with E-state index in [1.165, 1.54) is 0 Å². The Hall–Kier alpha value is -0.320. The fourth-order valence-electron chi connectivity index (χ4n) is 1.08. The van der Waals surface area contributed by atoms with Gasteiger partial charge in [0.2, 0.25) is 5.91 Å². The first-order valence-corrected chi connectivity index (χ1v) is 4.86. The molecule has 0 heterocycles. The van der Waals surface area contributed by atoms with Crippen LogP contribution in [0.25, 0.3) is 0 Å². The molecule has 0 spiro atoms. The Labute approximate surface area is 98.3 Å². The first-order chi connectivity index (χ1) is 6.30. The van der Waals surface area contributed by atoms with Crippen molar-refractivity contribution in [3.05, 3.63) is 0 Å². The highest BCUT2D eigenvalue weighted by Crippen LogP contribution is 2.06. The zero-order valence-corrected chi connectivity index (χ0v) is 11.0. The van der Waals surface area contributed by atoms with Crippen LogP contribution >= 0.6 is 12.4 Å². The van der Waals surface area contributed by atoms with E-state index in [0.29, 0.717) is 6.61 Å². The van der Waals surface area contributed by atoms with Crippen molar-refractivity contribution in [3.8, 4) is 0 Å². The molecule has 0 fully saturated rings. The number of carbonyl (C=O) groups excluding carboxylic acids is 1. The number of methoxy groups -OCH3 is 1. The lowest BCUT2D eigenvalue weighted by molar-refractivity contribution is -0.127. The molecular weight excluding hydrogens is 216 g/mol. The summed E-state index contributed by atoms with van der Waals surface area (Å²) in [6, 6.07) is -0.131. The maximum Gasteiger partial charge on any atom is 0.224 e. The summed E-state index contributed by atoms with van der Waals surface area (Å²) in [4.78, 5) is 11.6. The van der Waals surface area contributed by atoms with E-state index >= 15 is 0 Å². The number of nitrogens with two attached hydrogens (primary N) is 1. The van der Waals surface area contributed by atoms with E-state index in [-0.39, 0.29) is 35.8 Å². The van der Waals surface area contributed by atoms with Crippen molar-refractivity contribution >= 4 is 18.3 Å². The highest BCUT2D eigenvalue weighted by Gasteiger charge is 2.24. The van der Waals surface area contributed by atoms with Crippen LogP contribution in [0.4, 0.5) is 0 Å². The monoisotopic (exact) mass is 238 g/mol. The van der Waals surface area contributed by atoms with Gasteiger partial charge in [0.15, 0.2) is 0 Å². The average molecular weight is 239 g/mol. The molecule has 0 aliphatic heterocycles. The summed E-state index contributed by atoms with van der Waals surface area (Å²) >= 11 is 0. The molecule has 4 nitrogen and oxygen atoms in total. The van der Waals surface area contributed by atoms with Crippen molar-refractivity contribution in [3.63, 3.8) is 0 Å². The third-order valence-electron chi connectivity index (χ3n) is 2.17. The SMILES string of the molecule is COCC(C)(C)NC(=O)C(C)C(C)N.Cl. The Morgan fingerprint density at radius 1 is 1.47 bits per heavy atom. The quantitative estimate of drug-likeness (QED) is 0.749. The molecule has 0 aliphatic carbocycles. The van der Waals surface area contributed by atoms with Crippen molar-refractivity contribution in [1.29, 1.82) is 0 Å². The lowest BCUT2D eigenvalue weighted by Gasteiger charge is -2.28. The van der Waals surface area contributed by atoms with E-state index in [1.54, 1.807) is 7.11 Å². The van der Waals surface area contributed by atoms with Gasteiger partial charge in [0.1, 0.15) is 0 Å². The van der Waals surface area contributed by atoms with Gasteiger partial charge in [-0.25, -0.2) is 0 Å². The molecule has 0 aliphatic rings. The lowest BCUT2D eigenvalue weighted by Crippen LogP contribution is -2.51. The summed E-state index contributed by atoms with van der Waals surface area (Å²) in [6.07, 6.45) is 0. The summed E-state index contributed by atoms with van der Waals surface area (Å²) in [5.74, 6) is -0.201. The van der Waals surface area contributed by atoms with Crippen LogP contribution in [0, 0.1) is 5.92 Å². The van der Waals surface area contributed by atoms with Crippen LogP contribution in [-0.4, -0.2) is 31.2 Å². The van der Waals surface area contributed by atoms with E-state index in [2.05, 4.69) is 5.32 Å². The molecule has 2 atom stereocenters. The van der Waals surface area contributed by atoms with E-state index in [4.69, 9.17) is 10.5 Å². The Morgan fingerprint density at radius 3 is 2.27 bits per heavy atom. The van der Waals surface area contributed by atoms with E-state index in [9.17, 15) is 4.79 Å². The number of rotatable bonds is 5. The molecule has 92 valence electrons. The molecule has 0 radical (unpaired) electrons. The summed E-state index contributed by atoms with van der Waals surface area (Å²) in [5.41, 5.74) is 5.30. The average Bonchev–Trinajstić information content (AvgIpc) is 2.01. The predicted octanol–water partition coefficient (Wildman–Crippen LogP) is 0.933.